The van der Waals surface area contributed by atoms with Gasteiger partial charge in [0.1, 0.15) is 35.5 Å². The summed E-state index contributed by atoms with van der Waals surface area (Å²) in [6.45, 7) is 9.49. The van der Waals surface area contributed by atoms with Crippen LogP contribution in [0.3, 0.4) is 0 Å². The number of likely N-dealkylation sites (tertiary alicyclic amines) is 1. The Morgan fingerprint density at radius 3 is 1.98 bits per heavy atom. The number of aliphatic carboxylic acids is 1. The van der Waals surface area contributed by atoms with Gasteiger partial charge >= 0.3 is 12.1 Å². The maximum absolute atomic E-state index is 13.9. The third-order valence-corrected chi connectivity index (χ3v) is 8.95. The lowest BCUT2D eigenvalue weighted by atomic mass is 10.0. The van der Waals surface area contributed by atoms with Crippen molar-refractivity contribution in [2.75, 3.05) is 13.1 Å². The van der Waals surface area contributed by atoms with E-state index in [2.05, 4.69) is 26.6 Å². The number of carboxylic acids is 1. The molecule has 2 aromatic rings. The minimum Gasteiger partial charge on any atom is -0.508 e. The minimum atomic E-state index is -1.62. The molecule has 1 fully saturated rings. The fourth-order valence-electron chi connectivity index (χ4n) is 6.23. The van der Waals surface area contributed by atoms with Gasteiger partial charge in [-0.05, 0) is 76.1 Å². The molecule has 0 unspecified atom stereocenters. The molecule has 17 nitrogen and oxygen atoms in total. The number of nitrogens with one attached hydrogen (secondary N) is 5. The third-order valence-electron chi connectivity index (χ3n) is 8.95. The maximum atomic E-state index is 13.9. The van der Waals surface area contributed by atoms with Crippen molar-refractivity contribution in [1.82, 2.24) is 31.5 Å². The average Bonchev–Trinajstić information content (AvgIpc) is 3.62. The molecule has 8 N–H and O–H groups in total. The first-order valence-electron chi connectivity index (χ1n) is 18.9. The molecule has 1 saturated heterocycles. The molecule has 0 bridgehead atoms. The number of hydrogen-bond donors (Lipinski definition) is 8. The van der Waals surface area contributed by atoms with Crippen LogP contribution in [0.25, 0.3) is 0 Å². The Bertz CT molecular complexity index is 1710. The number of phenols is 1. The Balaban J connectivity index is 1.73. The van der Waals surface area contributed by atoms with Gasteiger partial charge in [0.25, 0.3) is 0 Å². The first kappa shape index (κ1) is 45.7. The van der Waals surface area contributed by atoms with Gasteiger partial charge in [0.05, 0.1) is 12.6 Å². The highest BCUT2D eigenvalue weighted by molar-refractivity contribution is 5.96. The lowest BCUT2D eigenvalue weighted by Gasteiger charge is -2.29. The summed E-state index contributed by atoms with van der Waals surface area (Å²) in [6.07, 6.45) is -1.33. The summed E-state index contributed by atoms with van der Waals surface area (Å²) >= 11 is 0. The minimum absolute atomic E-state index is 0.00573. The Hall–Kier alpha value is -5.71. The summed E-state index contributed by atoms with van der Waals surface area (Å²) in [7, 11) is 0. The van der Waals surface area contributed by atoms with Gasteiger partial charge in [0, 0.05) is 19.4 Å². The number of benzene rings is 2. The number of aliphatic hydroxyl groups is 1. The van der Waals surface area contributed by atoms with Crippen molar-refractivity contribution in [1.29, 1.82) is 0 Å². The summed E-state index contributed by atoms with van der Waals surface area (Å²) in [5.74, 6) is -5.03. The Kier molecular flexibility index (Phi) is 16.8. The van der Waals surface area contributed by atoms with E-state index in [-0.39, 0.29) is 43.9 Å². The van der Waals surface area contributed by atoms with Crippen LogP contribution in [0.15, 0.2) is 54.6 Å². The van der Waals surface area contributed by atoms with E-state index in [1.165, 1.54) is 24.0 Å². The summed E-state index contributed by atoms with van der Waals surface area (Å²) < 4.78 is 5.38. The number of aromatic hydroxyl groups is 1. The molecule has 0 spiro atoms. The van der Waals surface area contributed by atoms with Crippen molar-refractivity contribution in [2.45, 2.75) is 116 Å². The van der Waals surface area contributed by atoms with Crippen LogP contribution in [0.5, 0.6) is 5.75 Å². The number of nitrogens with zero attached hydrogens (tertiary/aromatic N) is 1. The van der Waals surface area contributed by atoms with Crippen LogP contribution in [0.4, 0.5) is 4.79 Å². The Morgan fingerprint density at radius 2 is 1.40 bits per heavy atom. The molecular formula is C40H56N6O11. The SMILES string of the molecule is CC(C)C[C@H](NC(=O)[C@H](Cc1ccccc1)NC(=O)CNC(=O)[C@@H]1CCCN1C(=O)[C@H](Cc1ccc(O)cc1)NC(=O)OC(C)(C)C)C(=O)N[C@H](C(=O)O)[C@@H](C)O. The number of ether oxygens (including phenoxy) is 1. The fraction of sp³-hybridized carbons (Fsp3) is 0.525. The number of alkyl carbamates (subject to hydrolysis) is 1. The standard InChI is InChI=1S/C40H56N6O11/c1-23(2)19-28(35(51)45-33(24(3)47)38(54)55)43-34(50)29(20-25-11-8-7-9-12-25)42-32(49)22-41-36(52)31-13-10-18-46(31)37(53)30(44-39(56)57-40(4,5)6)21-26-14-16-27(48)17-15-26/h7-9,11-12,14-17,23-24,28-31,33,47-48H,10,13,18-22H2,1-6H3,(H,41,52)(H,42,49)(H,43,50)(H,44,56)(H,45,51)(H,54,55)/t24-,28+,29+,30+,31+,33+/m1/s1. The van der Waals surface area contributed by atoms with E-state index in [4.69, 9.17) is 4.74 Å². The summed E-state index contributed by atoms with van der Waals surface area (Å²) in [5.41, 5.74) is 0.463. The van der Waals surface area contributed by atoms with Crippen LogP contribution in [0.1, 0.15) is 71.9 Å². The molecule has 1 aliphatic rings. The van der Waals surface area contributed by atoms with Gasteiger partial charge in [-0.3, -0.25) is 24.0 Å². The van der Waals surface area contributed by atoms with Gasteiger partial charge in [0.2, 0.25) is 29.5 Å². The molecule has 2 aromatic carbocycles. The number of carbonyl (C=O) groups is 7. The fourth-order valence-corrected chi connectivity index (χ4v) is 6.23. The van der Waals surface area contributed by atoms with E-state index in [9.17, 15) is 48.9 Å². The second-order valence-electron chi connectivity index (χ2n) is 15.5. The Labute approximate surface area is 332 Å². The van der Waals surface area contributed by atoms with Gasteiger partial charge in [-0.15, -0.1) is 0 Å². The molecular weight excluding hydrogens is 740 g/mol. The van der Waals surface area contributed by atoms with Crippen molar-refractivity contribution in [3.05, 3.63) is 65.7 Å². The largest absolute Gasteiger partial charge is 0.508 e. The van der Waals surface area contributed by atoms with E-state index in [0.29, 0.717) is 17.5 Å². The highest BCUT2D eigenvalue weighted by Gasteiger charge is 2.39. The molecule has 6 atom stereocenters. The predicted octanol–water partition coefficient (Wildman–Crippen LogP) is 1.14. The molecule has 17 heteroatoms. The van der Waals surface area contributed by atoms with Crippen LogP contribution >= 0.6 is 0 Å². The second kappa shape index (κ2) is 21.0. The van der Waals surface area contributed by atoms with Crippen LogP contribution in [0, 0.1) is 5.92 Å². The Morgan fingerprint density at radius 1 is 0.807 bits per heavy atom. The van der Waals surface area contributed by atoms with E-state index in [0.717, 1.165) is 0 Å². The van der Waals surface area contributed by atoms with Crippen molar-refractivity contribution in [2.24, 2.45) is 5.92 Å². The first-order valence-corrected chi connectivity index (χ1v) is 18.9. The number of rotatable bonds is 18. The molecule has 1 heterocycles. The van der Waals surface area contributed by atoms with Crippen LogP contribution in [0.2, 0.25) is 0 Å². The van der Waals surface area contributed by atoms with Gasteiger partial charge < -0.3 is 51.5 Å². The summed E-state index contributed by atoms with van der Waals surface area (Å²) in [4.78, 5) is 93.3. The number of carbonyl (C=O) groups excluding carboxylic acids is 6. The lowest BCUT2D eigenvalue weighted by Crippen LogP contribution is -2.58. The number of amides is 6. The number of hydrogen-bond acceptors (Lipinski definition) is 10. The molecule has 57 heavy (non-hydrogen) atoms. The summed E-state index contributed by atoms with van der Waals surface area (Å²) in [6, 6.07) is 8.72. The summed E-state index contributed by atoms with van der Waals surface area (Å²) in [5, 5.41) is 41.7. The van der Waals surface area contributed by atoms with Crippen molar-refractivity contribution < 1.29 is 53.6 Å². The van der Waals surface area contributed by atoms with Gasteiger partial charge in [0.15, 0.2) is 6.04 Å². The lowest BCUT2D eigenvalue weighted by molar-refractivity contribution is -0.145. The smallest absolute Gasteiger partial charge is 0.408 e. The zero-order valence-electron chi connectivity index (χ0n) is 33.2. The molecule has 1 aliphatic heterocycles. The zero-order valence-corrected chi connectivity index (χ0v) is 33.2. The van der Waals surface area contributed by atoms with E-state index < -0.39 is 90.1 Å². The first-order chi connectivity index (χ1) is 26.7. The van der Waals surface area contributed by atoms with Crippen LogP contribution in [-0.4, -0.2) is 117 Å². The maximum Gasteiger partial charge on any atom is 0.408 e. The number of aliphatic hydroxyl groups excluding tert-OH is 1. The van der Waals surface area contributed by atoms with Crippen LogP contribution in [-0.2, 0) is 46.3 Å². The van der Waals surface area contributed by atoms with E-state index in [1.54, 1.807) is 77.1 Å². The molecule has 0 radical (unpaired) electrons. The highest BCUT2D eigenvalue weighted by atomic mass is 16.6. The number of carboxylic acid groups (broad SMARTS) is 1. The topological polar surface area (TPSA) is 253 Å². The zero-order chi connectivity index (χ0) is 42.4. The third kappa shape index (κ3) is 15.0. The van der Waals surface area contributed by atoms with Gasteiger partial charge in [-0.2, -0.15) is 0 Å². The van der Waals surface area contributed by atoms with Crippen molar-refractivity contribution in [3.63, 3.8) is 0 Å². The van der Waals surface area contributed by atoms with Gasteiger partial charge in [-0.1, -0.05) is 56.3 Å². The molecule has 312 valence electrons. The van der Waals surface area contributed by atoms with E-state index >= 15 is 0 Å². The number of phenolic OH excluding ortho intramolecular Hbond substituents is 1. The second-order valence-corrected chi connectivity index (χ2v) is 15.5. The highest BCUT2D eigenvalue weighted by Crippen LogP contribution is 2.21. The van der Waals surface area contributed by atoms with Gasteiger partial charge in [-0.25, -0.2) is 9.59 Å². The van der Waals surface area contributed by atoms with Crippen molar-refractivity contribution >= 4 is 41.6 Å². The van der Waals surface area contributed by atoms with Crippen molar-refractivity contribution in [3.8, 4) is 5.75 Å². The monoisotopic (exact) mass is 796 g/mol. The quantitative estimate of drug-likeness (QED) is 0.106. The molecule has 3 rings (SSSR count). The van der Waals surface area contributed by atoms with E-state index in [1.807, 2.05) is 0 Å². The van der Waals surface area contributed by atoms with Crippen LogP contribution < -0.4 is 26.6 Å². The molecule has 0 aliphatic carbocycles. The molecule has 0 aromatic heterocycles. The normalized spacial score (nSPS) is 16.6. The average molecular weight is 797 g/mol. The molecule has 0 saturated carbocycles. The predicted molar refractivity (Wildman–Crippen MR) is 207 cm³/mol. The molecule has 6 amide bonds.